The van der Waals surface area contributed by atoms with Gasteiger partial charge in [0.1, 0.15) is 12.4 Å². The van der Waals surface area contributed by atoms with Gasteiger partial charge in [-0.05, 0) is 18.2 Å². The molecule has 0 aliphatic heterocycles. The van der Waals surface area contributed by atoms with Crippen LogP contribution in [0.4, 0.5) is 18.9 Å². The Bertz CT molecular complexity index is 294. The Morgan fingerprint density at radius 3 is 2.80 bits per heavy atom. The summed E-state index contributed by atoms with van der Waals surface area (Å²) < 4.78 is 40.6. The number of nitrogens with one attached hydrogen (secondary N) is 1. The van der Waals surface area contributed by atoms with E-state index in [-0.39, 0.29) is 12.4 Å². The van der Waals surface area contributed by atoms with Crippen molar-refractivity contribution in [2.24, 2.45) is 0 Å². The lowest BCUT2D eigenvalue weighted by molar-refractivity contribution is 0.0215. The second-order valence-corrected chi connectivity index (χ2v) is 2.90. The van der Waals surface area contributed by atoms with Crippen LogP contribution < -0.4 is 5.32 Å². The summed E-state index contributed by atoms with van der Waals surface area (Å²) in [5, 5.41) is 2.85. The van der Waals surface area contributed by atoms with Gasteiger partial charge < -0.3 is 10.1 Å². The molecule has 0 heterocycles. The zero-order valence-electron chi connectivity index (χ0n) is 8.05. The predicted molar refractivity (Wildman–Crippen MR) is 51.7 cm³/mol. The summed E-state index contributed by atoms with van der Waals surface area (Å²) in [6, 6.07) is 5.92. The first-order valence-electron chi connectivity index (χ1n) is 4.54. The lowest BCUT2D eigenvalue weighted by Crippen LogP contribution is -2.13. The molecular formula is C10H12F3NO. The molecule has 2 nitrogen and oxygen atoms in total. The van der Waals surface area contributed by atoms with Gasteiger partial charge in [0.05, 0.1) is 6.61 Å². The Kier molecular flexibility index (Phi) is 4.97. The van der Waals surface area contributed by atoms with Crippen LogP contribution in [0.25, 0.3) is 0 Å². The van der Waals surface area contributed by atoms with E-state index in [1.54, 1.807) is 12.1 Å². The second-order valence-electron chi connectivity index (χ2n) is 2.90. The van der Waals surface area contributed by atoms with Crippen LogP contribution in [0, 0.1) is 5.82 Å². The molecule has 0 radical (unpaired) electrons. The number of rotatable bonds is 6. The van der Waals surface area contributed by atoms with Crippen molar-refractivity contribution in [3.8, 4) is 0 Å². The summed E-state index contributed by atoms with van der Waals surface area (Å²) in [5.41, 5.74) is 0.607. The van der Waals surface area contributed by atoms with E-state index in [9.17, 15) is 13.2 Å². The van der Waals surface area contributed by atoms with Gasteiger partial charge in [0, 0.05) is 12.2 Å². The molecule has 84 valence electrons. The highest BCUT2D eigenvalue weighted by Crippen LogP contribution is 2.08. The van der Waals surface area contributed by atoms with E-state index in [0.717, 1.165) is 0 Å². The van der Waals surface area contributed by atoms with E-state index in [0.29, 0.717) is 12.2 Å². The molecular weight excluding hydrogens is 207 g/mol. The van der Waals surface area contributed by atoms with Crippen LogP contribution in [0.2, 0.25) is 0 Å². The normalized spacial score (nSPS) is 10.7. The monoisotopic (exact) mass is 219 g/mol. The minimum absolute atomic E-state index is 0.168. The summed E-state index contributed by atoms with van der Waals surface area (Å²) in [6.07, 6.45) is -2.45. The lowest BCUT2D eigenvalue weighted by atomic mass is 10.3. The number of halogens is 3. The molecule has 1 aromatic carbocycles. The molecule has 0 saturated heterocycles. The second kappa shape index (κ2) is 6.29. The topological polar surface area (TPSA) is 21.3 Å². The van der Waals surface area contributed by atoms with Crippen molar-refractivity contribution in [3.63, 3.8) is 0 Å². The van der Waals surface area contributed by atoms with Crippen molar-refractivity contribution >= 4 is 5.69 Å². The third kappa shape index (κ3) is 5.27. The average molecular weight is 219 g/mol. The van der Waals surface area contributed by atoms with Gasteiger partial charge in [-0.15, -0.1) is 0 Å². The molecule has 0 saturated carbocycles. The maximum atomic E-state index is 12.7. The van der Waals surface area contributed by atoms with E-state index < -0.39 is 13.0 Å². The van der Waals surface area contributed by atoms with Gasteiger partial charge >= 0.3 is 0 Å². The van der Waals surface area contributed by atoms with Crippen LogP contribution in [0.5, 0.6) is 0 Å². The quantitative estimate of drug-likeness (QED) is 0.742. The van der Waals surface area contributed by atoms with E-state index >= 15 is 0 Å². The molecule has 5 heteroatoms. The number of anilines is 1. The van der Waals surface area contributed by atoms with Gasteiger partial charge in [-0.3, -0.25) is 0 Å². The summed E-state index contributed by atoms with van der Waals surface area (Å²) in [6.45, 7) is -0.0259. The summed E-state index contributed by atoms with van der Waals surface area (Å²) >= 11 is 0. The van der Waals surface area contributed by atoms with Gasteiger partial charge in [0.2, 0.25) is 0 Å². The number of ether oxygens (including phenoxy) is 1. The van der Waals surface area contributed by atoms with Crippen molar-refractivity contribution in [1.82, 2.24) is 0 Å². The van der Waals surface area contributed by atoms with Crippen molar-refractivity contribution in [2.75, 3.05) is 25.1 Å². The molecule has 0 amide bonds. The lowest BCUT2D eigenvalue weighted by Gasteiger charge is -2.06. The molecule has 0 aliphatic carbocycles. The molecule has 0 aromatic heterocycles. The Labute approximate surface area is 86.1 Å². The first-order valence-corrected chi connectivity index (χ1v) is 4.54. The highest BCUT2D eigenvalue weighted by Gasteiger charge is 2.00. The molecule has 0 atom stereocenters. The Hall–Kier alpha value is -1.23. The zero-order valence-corrected chi connectivity index (χ0v) is 8.05. The highest BCUT2D eigenvalue weighted by molar-refractivity contribution is 5.42. The van der Waals surface area contributed by atoms with Gasteiger partial charge in [-0.2, -0.15) is 0 Å². The number of hydrogen-bond acceptors (Lipinski definition) is 2. The number of alkyl halides is 2. The van der Waals surface area contributed by atoms with Crippen molar-refractivity contribution < 1.29 is 17.9 Å². The first kappa shape index (κ1) is 11.8. The average Bonchev–Trinajstić information content (AvgIpc) is 2.17. The van der Waals surface area contributed by atoms with Crippen LogP contribution in [0.3, 0.4) is 0 Å². The van der Waals surface area contributed by atoms with Gasteiger partial charge in [-0.25, -0.2) is 13.2 Å². The third-order valence-electron chi connectivity index (χ3n) is 1.64. The summed E-state index contributed by atoms with van der Waals surface area (Å²) in [7, 11) is 0. The van der Waals surface area contributed by atoms with E-state index in [2.05, 4.69) is 10.1 Å². The smallest absolute Gasteiger partial charge is 0.261 e. The first-order chi connectivity index (χ1) is 7.18. The molecule has 1 rings (SSSR count). The minimum Gasteiger partial charge on any atom is -0.383 e. The van der Waals surface area contributed by atoms with Gasteiger partial charge in [0.15, 0.2) is 0 Å². The van der Waals surface area contributed by atoms with Gasteiger partial charge in [0.25, 0.3) is 6.43 Å². The molecule has 1 N–H and O–H groups in total. The van der Waals surface area contributed by atoms with Crippen molar-refractivity contribution in [2.45, 2.75) is 6.43 Å². The SMILES string of the molecule is Fc1cccc(NCCOCC(F)F)c1. The zero-order chi connectivity index (χ0) is 11.1. The third-order valence-corrected chi connectivity index (χ3v) is 1.64. The molecule has 0 aliphatic rings. The molecule has 0 fully saturated rings. The molecule has 0 spiro atoms. The van der Waals surface area contributed by atoms with Crippen LogP contribution in [0.1, 0.15) is 0 Å². The van der Waals surface area contributed by atoms with Crippen LogP contribution in [0.15, 0.2) is 24.3 Å². The van der Waals surface area contributed by atoms with Gasteiger partial charge in [-0.1, -0.05) is 6.07 Å². The largest absolute Gasteiger partial charge is 0.383 e. The molecule has 0 bridgehead atoms. The Morgan fingerprint density at radius 2 is 2.13 bits per heavy atom. The summed E-state index contributed by atoms with van der Waals surface area (Å²) in [4.78, 5) is 0. The van der Waals surface area contributed by atoms with E-state index in [4.69, 9.17) is 0 Å². The fraction of sp³-hybridized carbons (Fsp3) is 0.400. The molecule has 0 unspecified atom stereocenters. The number of hydrogen-bond donors (Lipinski definition) is 1. The number of benzene rings is 1. The Balaban J connectivity index is 2.15. The van der Waals surface area contributed by atoms with Crippen LogP contribution in [-0.4, -0.2) is 26.2 Å². The fourth-order valence-electron chi connectivity index (χ4n) is 1.04. The maximum absolute atomic E-state index is 12.7. The molecule has 1 aromatic rings. The minimum atomic E-state index is -2.45. The van der Waals surface area contributed by atoms with Crippen LogP contribution in [-0.2, 0) is 4.74 Å². The van der Waals surface area contributed by atoms with E-state index in [1.165, 1.54) is 12.1 Å². The fourth-order valence-corrected chi connectivity index (χ4v) is 1.04. The van der Waals surface area contributed by atoms with Crippen molar-refractivity contribution in [1.29, 1.82) is 0 Å². The highest BCUT2D eigenvalue weighted by atomic mass is 19.3. The van der Waals surface area contributed by atoms with E-state index in [1.807, 2.05) is 0 Å². The predicted octanol–water partition coefficient (Wildman–Crippen LogP) is 2.52. The van der Waals surface area contributed by atoms with Crippen LogP contribution >= 0.6 is 0 Å². The maximum Gasteiger partial charge on any atom is 0.261 e. The summed E-state index contributed by atoms with van der Waals surface area (Å²) in [5.74, 6) is -0.339. The standard InChI is InChI=1S/C10H12F3NO/c11-8-2-1-3-9(6-8)14-4-5-15-7-10(12)13/h1-3,6,10,14H,4-5,7H2. The van der Waals surface area contributed by atoms with Crippen molar-refractivity contribution in [3.05, 3.63) is 30.1 Å². The molecule has 15 heavy (non-hydrogen) atoms. The Morgan fingerprint density at radius 1 is 1.33 bits per heavy atom.